The molecule has 0 heterocycles. The number of hydrogen-bond donors (Lipinski definition) is 2. The molecule has 5 heteroatoms. The molecule has 0 radical (unpaired) electrons. The van der Waals surface area contributed by atoms with E-state index in [-0.39, 0.29) is 18.6 Å². The molecule has 100 valence electrons. The van der Waals surface area contributed by atoms with Crippen LogP contribution in [0, 0.1) is 0 Å². The molecule has 1 aromatic carbocycles. The van der Waals surface area contributed by atoms with Gasteiger partial charge in [-0.3, -0.25) is 4.79 Å². The van der Waals surface area contributed by atoms with Gasteiger partial charge in [0.05, 0.1) is 12.7 Å². The number of benzene rings is 1. The minimum Gasteiger partial charge on any atom is -0.394 e. The van der Waals surface area contributed by atoms with Gasteiger partial charge in [-0.05, 0) is 31.5 Å². The Kier molecular flexibility index (Phi) is 6.72. The summed E-state index contributed by atoms with van der Waals surface area (Å²) in [5.74, 6) is -0.175. The van der Waals surface area contributed by atoms with E-state index in [0.29, 0.717) is 30.2 Å². The standard InChI is InChI=1S/C13H18ClNO3/c1-2-18-12(9-16)6-7-15-13(17)10-4-3-5-11(14)8-10/h3-5,8,12,16H,2,6-7,9H2,1H3,(H,15,17)/t12-/m0/s1. The molecule has 0 bridgehead atoms. The lowest BCUT2D eigenvalue weighted by atomic mass is 10.2. The zero-order valence-electron chi connectivity index (χ0n) is 10.4. The van der Waals surface area contributed by atoms with Crippen molar-refractivity contribution in [2.75, 3.05) is 19.8 Å². The van der Waals surface area contributed by atoms with Crippen molar-refractivity contribution < 1.29 is 14.6 Å². The highest BCUT2D eigenvalue weighted by Crippen LogP contribution is 2.10. The lowest BCUT2D eigenvalue weighted by Crippen LogP contribution is -2.29. The quantitative estimate of drug-likeness (QED) is 0.796. The van der Waals surface area contributed by atoms with Crippen molar-refractivity contribution in [3.8, 4) is 0 Å². The van der Waals surface area contributed by atoms with Crippen LogP contribution in [-0.4, -0.2) is 36.9 Å². The number of nitrogens with one attached hydrogen (secondary N) is 1. The second-order valence-electron chi connectivity index (χ2n) is 3.81. The SMILES string of the molecule is CCO[C@H](CO)CCNC(=O)c1cccc(Cl)c1. The fraction of sp³-hybridized carbons (Fsp3) is 0.462. The van der Waals surface area contributed by atoms with Crippen LogP contribution in [-0.2, 0) is 4.74 Å². The summed E-state index contributed by atoms with van der Waals surface area (Å²) in [5.41, 5.74) is 0.527. The number of carbonyl (C=O) groups excluding carboxylic acids is 1. The molecule has 0 saturated heterocycles. The van der Waals surface area contributed by atoms with Crippen molar-refractivity contribution in [3.05, 3.63) is 34.9 Å². The van der Waals surface area contributed by atoms with Gasteiger partial charge in [0.2, 0.25) is 0 Å². The van der Waals surface area contributed by atoms with Gasteiger partial charge in [-0.25, -0.2) is 0 Å². The molecule has 2 N–H and O–H groups in total. The van der Waals surface area contributed by atoms with Gasteiger partial charge in [-0.15, -0.1) is 0 Å². The summed E-state index contributed by atoms with van der Waals surface area (Å²) in [5, 5.41) is 12.3. The Labute approximate surface area is 112 Å². The first kappa shape index (κ1) is 15.0. The molecule has 0 aliphatic heterocycles. The topological polar surface area (TPSA) is 58.6 Å². The number of rotatable bonds is 7. The van der Waals surface area contributed by atoms with Gasteiger partial charge in [-0.2, -0.15) is 0 Å². The van der Waals surface area contributed by atoms with Crippen LogP contribution in [0.4, 0.5) is 0 Å². The van der Waals surface area contributed by atoms with Crippen LogP contribution in [0.1, 0.15) is 23.7 Å². The third-order valence-corrected chi connectivity index (χ3v) is 2.68. The second-order valence-corrected chi connectivity index (χ2v) is 4.25. The third-order valence-electron chi connectivity index (χ3n) is 2.44. The number of hydrogen-bond acceptors (Lipinski definition) is 3. The lowest BCUT2D eigenvalue weighted by Gasteiger charge is -2.14. The smallest absolute Gasteiger partial charge is 0.251 e. The zero-order valence-corrected chi connectivity index (χ0v) is 11.1. The Morgan fingerprint density at radius 2 is 2.33 bits per heavy atom. The number of aliphatic hydroxyl groups excluding tert-OH is 1. The molecule has 1 amide bonds. The molecule has 1 rings (SSSR count). The van der Waals surface area contributed by atoms with E-state index in [2.05, 4.69) is 5.32 Å². The van der Waals surface area contributed by atoms with Crippen LogP contribution in [0.25, 0.3) is 0 Å². The average molecular weight is 272 g/mol. The first-order valence-electron chi connectivity index (χ1n) is 5.93. The summed E-state index contributed by atoms with van der Waals surface area (Å²) in [7, 11) is 0. The summed E-state index contributed by atoms with van der Waals surface area (Å²) >= 11 is 5.80. The normalized spacial score (nSPS) is 12.2. The van der Waals surface area contributed by atoms with Crippen LogP contribution in [0.15, 0.2) is 24.3 Å². The van der Waals surface area contributed by atoms with Crippen molar-refractivity contribution in [2.45, 2.75) is 19.4 Å². The maximum absolute atomic E-state index is 11.8. The molecule has 0 saturated carbocycles. The van der Waals surface area contributed by atoms with Crippen molar-refractivity contribution in [2.24, 2.45) is 0 Å². The van der Waals surface area contributed by atoms with E-state index in [1.165, 1.54) is 0 Å². The molecule has 1 atom stereocenters. The summed E-state index contributed by atoms with van der Waals surface area (Å²) in [6.45, 7) is 2.83. The van der Waals surface area contributed by atoms with Gasteiger partial charge in [0.15, 0.2) is 0 Å². The highest BCUT2D eigenvalue weighted by Gasteiger charge is 2.09. The predicted octanol–water partition coefficient (Wildman–Crippen LogP) is 1.86. The first-order valence-corrected chi connectivity index (χ1v) is 6.31. The largest absolute Gasteiger partial charge is 0.394 e. The highest BCUT2D eigenvalue weighted by molar-refractivity contribution is 6.30. The van der Waals surface area contributed by atoms with Crippen LogP contribution < -0.4 is 5.32 Å². The maximum atomic E-state index is 11.8. The minimum absolute atomic E-state index is 0.0408. The Morgan fingerprint density at radius 3 is 2.94 bits per heavy atom. The molecule has 0 aromatic heterocycles. The second kappa shape index (κ2) is 8.08. The molecule has 18 heavy (non-hydrogen) atoms. The van der Waals surface area contributed by atoms with E-state index >= 15 is 0 Å². The molecule has 0 fully saturated rings. The van der Waals surface area contributed by atoms with E-state index in [4.69, 9.17) is 21.4 Å². The molecule has 4 nitrogen and oxygen atoms in total. The summed E-state index contributed by atoms with van der Waals surface area (Å²) in [6.07, 6.45) is 0.353. The van der Waals surface area contributed by atoms with Crippen molar-refractivity contribution >= 4 is 17.5 Å². The molecule has 0 spiro atoms. The van der Waals surface area contributed by atoms with Crippen molar-refractivity contribution in [1.29, 1.82) is 0 Å². The van der Waals surface area contributed by atoms with Crippen LogP contribution in [0.5, 0.6) is 0 Å². The van der Waals surface area contributed by atoms with E-state index in [0.717, 1.165) is 0 Å². The van der Waals surface area contributed by atoms with Crippen molar-refractivity contribution in [3.63, 3.8) is 0 Å². The minimum atomic E-state index is -0.227. The fourth-order valence-electron chi connectivity index (χ4n) is 1.54. The van der Waals surface area contributed by atoms with Crippen LogP contribution in [0.3, 0.4) is 0 Å². The first-order chi connectivity index (χ1) is 8.67. The monoisotopic (exact) mass is 271 g/mol. The molecule has 0 aliphatic carbocycles. The number of amides is 1. The van der Waals surface area contributed by atoms with Gasteiger partial charge in [-0.1, -0.05) is 17.7 Å². The third kappa shape index (κ3) is 5.04. The number of halogens is 1. The van der Waals surface area contributed by atoms with E-state index < -0.39 is 0 Å². The highest BCUT2D eigenvalue weighted by atomic mass is 35.5. The number of aliphatic hydroxyl groups is 1. The average Bonchev–Trinajstić information content (AvgIpc) is 2.37. The Bertz CT molecular complexity index is 384. The van der Waals surface area contributed by atoms with E-state index in [1.807, 2.05) is 6.92 Å². The van der Waals surface area contributed by atoms with Crippen LogP contribution in [0.2, 0.25) is 5.02 Å². The molecule has 1 aromatic rings. The van der Waals surface area contributed by atoms with Gasteiger partial charge < -0.3 is 15.2 Å². The number of ether oxygens (including phenoxy) is 1. The van der Waals surface area contributed by atoms with Gasteiger partial charge in [0, 0.05) is 23.7 Å². The summed E-state index contributed by atoms with van der Waals surface area (Å²) in [6, 6.07) is 6.76. The van der Waals surface area contributed by atoms with Gasteiger partial charge in [0.1, 0.15) is 0 Å². The fourth-order valence-corrected chi connectivity index (χ4v) is 1.73. The Balaban J connectivity index is 2.37. The van der Waals surface area contributed by atoms with Gasteiger partial charge in [0.25, 0.3) is 5.91 Å². The number of carbonyl (C=O) groups is 1. The molecule has 0 unspecified atom stereocenters. The Morgan fingerprint density at radius 1 is 1.56 bits per heavy atom. The van der Waals surface area contributed by atoms with E-state index in [9.17, 15) is 4.79 Å². The molecular weight excluding hydrogens is 254 g/mol. The van der Waals surface area contributed by atoms with Crippen molar-refractivity contribution in [1.82, 2.24) is 5.32 Å². The van der Waals surface area contributed by atoms with E-state index in [1.54, 1.807) is 24.3 Å². The lowest BCUT2D eigenvalue weighted by molar-refractivity contribution is 0.0154. The predicted molar refractivity (Wildman–Crippen MR) is 70.9 cm³/mol. The van der Waals surface area contributed by atoms with Crippen LogP contribution >= 0.6 is 11.6 Å². The summed E-state index contributed by atoms with van der Waals surface area (Å²) < 4.78 is 5.28. The molecular formula is C13H18ClNO3. The Hall–Kier alpha value is -1.10. The maximum Gasteiger partial charge on any atom is 0.251 e. The van der Waals surface area contributed by atoms with Gasteiger partial charge >= 0.3 is 0 Å². The zero-order chi connectivity index (χ0) is 13.4. The molecule has 0 aliphatic rings. The summed E-state index contributed by atoms with van der Waals surface area (Å²) in [4.78, 5) is 11.8.